The molecular weight excluding hydrogens is 400 g/mol. The molecule has 30 heavy (non-hydrogen) atoms. The van der Waals surface area contributed by atoms with Crippen molar-refractivity contribution in [2.45, 2.75) is 6.61 Å². The maximum atomic E-state index is 11.6. The van der Waals surface area contributed by atoms with Crippen LogP contribution in [0.4, 0.5) is 0 Å². The SMILES string of the molecule is COC(=O)c1ccc(COc2nc(-c3ccsc3)cc(-c3ccco3)c2C#N)cc1. The number of nitrogens with zero attached hydrogens (tertiary/aromatic N) is 2. The highest BCUT2D eigenvalue weighted by Crippen LogP contribution is 2.34. The Labute approximate surface area is 176 Å². The lowest BCUT2D eigenvalue weighted by molar-refractivity contribution is 0.0600. The minimum Gasteiger partial charge on any atom is -0.472 e. The number of rotatable bonds is 6. The Morgan fingerprint density at radius 3 is 2.70 bits per heavy atom. The van der Waals surface area contributed by atoms with Crippen LogP contribution in [0.5, 0.6) is 5.88 Å². The van der Waals surface area contributed by atoms with Crippen LogP contribution < -0.4 is 4.74 Å². The quantitative estimate of drug-likeness (QED) is 0.396. The molecule has 0 saturated heterocycles. The summed E-state index contributed by atoms with van der Waals surface area (Å²) in [6.45, 7) is 0.188. The summed E-state index contributed by atoms with van der Waals surface area (Å²) in [7, 11) is 1.34. The molecule has 0 aliphatic rings. The van der Waals surface area contributed by atoms with Gasteiger partial charge in [0.15, 0.2) is 0 Å². The lowest BCUT2D eigenvalue weighted by atomic mass is 10.0. The van der Waals surface area contributed by atoms with E-state index in [1.54, 1.807) is 54.0 Å². The van der Waals surface area contributed by atoms with Gasteiger partial charge in [0.1, 0.15) is 24.0 Å². The van der Waals surface area contributed by atoms with Gasteiger partial charge < -0.3 is 13.9 Å². The zero-order valence-corrected chi connectivity index (χ0v) is 16.8. The molecule has 7 heteroatoms. The predicted octanol–water partition coefficient (Wildman–Crippen LogP) is 5.31. The zero-order chi connectivity index (χ0) is 20.9. The first-order chi connectivity index (χ1) is 14.7. The molecule has 0 unspecified atom stereocenters. The second kappa shape index (κ2) is 8.64. The number of furan rings is 1. The number of carbonyl (C=O) groups is 1. The van der Waals surface area contributed by atoms with Crippen molar-refractivity contribution in [1.29, 1.82) is 5.26 Å². The Morgan fingerprint density at radius 1 is 1.23 bits per heavy atom. The van der Waals surface area contributed by atoms with E-state index in [2.05, 4.69) is 11.1 Å². The average Bonchev–Trinajstić information content (AvgIpc) is 3.51. The lowest BCUT2D eigenvalue weighted by Gasteiger charge is -2.12. The van der Waals surface area contributed by atoms with E-state index < -0.39 is 5.97 Å². The molecule has 0 radical (unpaired) electrons. The van der Waals surface area contributed by atoms with Crippen molar-refractivity contribution in [3.8, 4) is 34.5 Å². The van der Waals surface area contributed by atoms with Gasteiger partial charge in [-0.3, -0.25) is 0 Å². The fourth-order valence-corrected chi connectivity index (χ4v) is 3.57. The van der Waals surface area contributed by atoms with Crippen LogP contribution in [0.15, 0.2) is 70.0 Å². The first-order valence-electron chi connectivity index (χ1n) is 9.01. The first-order valence-corrected chi connectivity index (χ1v) is 9.95. The molecule has 0 bridgehead atoms. The summed E-state index contributed by atoms with van der Waals surface area (Å²) in [6, 6.07) is 16.4. The molecule has 0 aliphatic carbocycles. The zero-order valence-electron chi connectivity index (χ0n) is 16.0. The Balaban J connectivity index is 1.68. The molecule has 3 aromatic heterocycles. The van der Waals surface area contributed by atoms with E-state index in [-0.39, 0.29) is 12.5 Å². The number of ether oxygens (including phenoxy) is 2. The summed E-state index contributed by atoms with van der Waals surface area (Å²) in [5.74, 6) is 0.393. The minimum atomic E-state index is -0.401. The number of nitriles is 1. The van der Waals surface area contributed by atoms with Crippen molar-refractivity contribution < 1.29 is 18.7 Å². The van der Waals surface area contributed by atoms with E-state index in [1.165, 1.54) is 7.11 Å². The number of hydrogen-bond acceptors (Lipinski definition) is 7. The molecule has 0 fully saturated rings. The Morgan fingerprint density at radius 2 is 2.07 bits per heavy atom. The maximum absolute atomic E-state index is 11.6. The van der Waals surface area contributed by atoms with Crippen LogP contribution in [-0.2, 0) is 11.3 Å². The second-order valence-corrected chi connectivity index (χ2v) is 7.09. The van der Waals surface area contributed by atoms with E-state index >= 15 is 0 Å². The molecule has 148 valence electrons. The second-order valence-electron chi connectivity index (χ2n) is 6.31. The highest BCUT2D eigenvalue weighted by atomic mass is 32.1. The van der Waals surface area contributed by atoms with Gasteiger partial charge >= 0.3 is 5.97 Å². The van der Waals surface area contributed by atoms with Gasteiger partial charge in [-0.1, -0.05) is 12.1 Å². The standard InChI is InChI=1S/C23H16N2O4S/c1-27-23(26)16-6-4-15(5-7-16)13-29-22-19(12-24)18(21-3-2-9-28-21)11-20(25-22)17-8-10-30-14-17/h2-11,14H,13H2,1H3. The third kappa shape index (κ3) is 3.95. The summed E-state index contributed by atoms with van der Waals surface area (Å²) in [6.07, 6.45) is 1.56. The fraction of sp³-hybridized carbons (Fsp3) is 0.0870. The van der Waals surface area contributed by atoms with Gasteiger partial charge in [-0.05, 0) is 47.3 Å². The van der Waals surface area contributed by atoms with Crippen LogP contribution in [-0.4, -0.2) is 18.1 Å². The fourth-order valence-electron chi connectivity index (χ4n) is 2.92. The molecule has 0 spiro atoms. The maximum Gasteiger partial charge on any atom is 0.337 e. The van der Waals surface area contributed by atoms with Gasteiger partial charge in [-0.25, -0.2) is 9.78 Å². The van der Waals surface area contributed by atoms with Crippen molar-refractivity contribution in [3.63, 3.8) is 0 Å². The summed E-state index contributed by atoms with van der Waals surface area (Å²) in [5, 5.41) is 13.7. The number of benzene rings is 1. The molecule has 4 aromatic rings. The smallest absolute Gasteiger partial charge is 0.337 e. The molecule has 0 amide bonds. The number of pyridine rings is 1. The van der Waals surface area contributed by atoms with Crippen LogP contribution in [0.3, 0.4) is 0 Å². The van der Waals surface area contributed by atoms with E-state index in [0.29, 0.717) is 28.1 Å². The molecule has 0 aliphatic heterocycles. The number of methoxy groups -OCH3 is 1. The summed E-state index contributed by atoms with van der Waals surface area (Å²) in [4.78, 5) is 16.2. The van der Waals surface area contributed by atoms with E-state index in [0.717, 1.165) is 11.1 Å². The van der Waals surface area contributed by atoms with Crippen molar-refractivity contribution in [2.24, 2.45) is 0 Å². The van der Waals surface area contributed by atoms with Crippen LogP contribution in [0.1, 0.15) is 21.5 Å². The van der Waals surface area contributed by atoms with E-state index in [1.807, 2.05) is 22.9 Å². The number of carbonyl (C=O) groups excluding carboxylic acids is 1. The number of hydrogen-bond donors (Lipinski definition) is 0. The third-order valence-electron chi connectivity index (χ3n) is 4.45. The molecule has 3 heterocycles. The Kier molecular flexibility index (Phi) is 5.59. The van der Waals surface area contributed by atoms with Crippen molar-refractivity contribution in [3.05, 3.63) is 82.2 Å². The summed E-state index contributed by atoms with van der Waals surface area (Å²) in [5.41, 5.74) is 3.83. The van der Waals surface area contributed by atoms with Gasteiger partial charge in [0, 0.05) is 16.5 Å². The van der Waals surface area contributed by atoms with E-state index in [4.69, 9.17) is 13.9 Å². The minimum absolute atomic E-state index is 0.188. The molecule has 0 saturated carbocycles. The van der Waals surface area contributed by atoms with Crippen LogP contribution in [0.25, 0.3) is 22.6 Å². The summed E-state index contributed by atoms with van der Waals surface area (Å²) < 4.78 is 16.2. The molecule has 4 rings (SSSR count). The average molecular weight is 416 g/mol. The number of esters is 1. The highest BCUT2D eigenvalue weighted by molar-refractivity contribution is 7.08. The topological polar surface area (TPSA) is 85.3 Å². The first kappa shape index (κ1) is 19.4. The van der Waals surface area contributed by atoms with Crippen LogP contribution in [0.2, 0.25) is 0 Å². The third-order valence-corrected chi connectivity index (χ3v) is 5.14. The summed E-state index contributed by atoms with van der Waals surface area (Å²) >= 11 is 1.56. The lowest BCUT2D eigenvalue weighted by Crippen LogP contribution is -2.04. The largest absolute Gasteiger partial charge is 0.472 e. The molecule has 6 nitrogen and oxygen atoms in total. The van der Waals surface area contributed by atoms with Crippen LogP contribution >= 0.6 is 11.3 Å². The Hall–Kier alpha value is -3.89. The molecular formula is C23H16N2O4S. The van der Waals surface area contributed by atoms with Crippen molar-refractivity contribution >= 4 is 17.3 Å². The van der Waals surface area contributed by atoms with Crippen LogP contribution in [0, 0.1) is 11.3 Å². The molecule has 1 aromatic carbocycles. The van der Waals surface area contributed by atoms with Gasteiger partial charge in [0.05, 0.1) is 24.6 Å². The normalized spacial score (nSPS) is 10.4. The Bertz CT molecular complexity index is 1190. The van der Waals surface area contributed by atoms with Gasteiger partial charge in [-0.15, -0.1) is 0 Å². The molecule has 0 atom stereocenters. The predicted molar refractivity (Wildman–Crippen MR) is 112 cm³/mol. The van der Waals surface area contributed by atoms with Gasteiger partial charge in [0.2, 0.25) is 5.88 Å². The van der Waals surface area contributed by atoms with Crippen molar-refractivity contribution in [2.75, 3.05) is 7.11 Å². The van der Waals surface area contributed by atoms with Gasteiger partial charge in [0.25, 0.3) is 0 Å². The van der Waals surface area contributed by atoms with E-state index in [9.17, 15) is 10.1 Å². The number of thiophene rings is 1. The highest BCUT2D eigenvalue weighted by Gasteiger charge is 2.18. The monoisotopic (exact) mass is 416 g/mol. The number of aromatic nitrogens is 1. The van der Waals surface area contributed by atoms with Crippen molar-refractivity contribution in [1.82, 2.24) is 4.98 Å². The molecule has 0 N–H and O–H groups in total. The van der Waals surface area contributed by atoms with Gasteiger partial charge in [-0.2, -0.15) is 16.6 Å².